The summed E-state index contributed by atoms with van der Waals surface area (Å²) in [6, 6.07) is 3.72. The minimum absolute atomic E-state index is 0.0462. The van der Waals surface area contributed by atoms with Gasteiger partial charge in [-0.15, -0.1) is 0 Å². The van der Waals surface area contributed by atoms with Crippen LogP contribution in [-0.2, 0) is 14.6 Å². The average molecular weight is 275 g/mol. The van der Waals surface area contributed by atoms with Crippen LogP contribution in [0.3, 0.4) is 0 Å². The number of hydrogen-bond acceptors (Lipinski definition) is 5. The second-order valence-electron chi connectivity index (χ2n) is 2.74. The van der Waals surface area contributed by atoms with Crippen LogP contribution in [0.1, 0.15) is 10.4 Å². The first-order valence-corrected chi connectivity index (χ1v) is 4.89. The molecule has 0 unspecified atom stereocenters. The van der Waals surface area contributed by atoms with E-state index in [9.17, 15) is 9.59 Å². The van der Waals surface area contributed by atoms with Gasteiger partial charge in [0.2, 0.25) is 0 Å². The van der Waals surface area contributed by atoms with Crippen molar-refractivity contribution < 1.29 is 29.6 Å². The molecule has 0 radical (unpaired) electrons. The fourth-order valence-electron chi connectivity index (χ4n) is 0.756. The van der Waals surface area contributed by atoms with E-state index in [1.54, 1.807) is 0 Å². The summed E-state index contributed by atoms with van der Waals surface area (Å²) in [5.74, 6) is -1.76. The van der Waals surface area contributed by atoms with E-state index < -0.39 is 11.9 Å². The monoisotopic (exact) mass is 274 g/mol. The molecular formula is C11H11ClO6. The Morgan fingerprint density at radius 3 is 2.39 bits per heavy atom. The predicted molar refractivity (Wildman–Crippen MR) is 63.4 cm³/mol. The largest absolute Gasteiger partial charge is 0.506 e. The molecule has 0 aliphatic carbocycles. The maximum atomic E-state index is 10.3. The van der Waals surface area contributed by atoms with Crippen molar-refractivity contribution in [2.45, 2.75) is 0 Å². The molecule has 0 bridgehead atoms. The highest BCUT2D eigenvalue weighted by molar-refractivity contribution is 6.32. The molecule has 2 N–H and O–H groups in total. The Labute approximate surface area is 108 Å². The standard InChI is InChI=1S/C7H5ClO3.C4H6O3/c8-5-3-4(7(10)11)1-2-6(5)9;1-3-4(5)7-6-2/h1-3,9H,(H,10,11);3H,1H2,2H3. The number of carbonyl (C=O) groups excluding carboxylic acids is 1. The molecule has 0 fully saturated rings. The maximum absolute atomic E-state index is 10.3. The zero-order chi connectivity index (χ0) is 14.1. The van der Waals surface area contributed by atoms with Gasteiger partial charge in [0.15, 0.2) is 0 Å². The van der Waals surface area contributed by atoms with Crippen LogP contribution in [0.4, 0.5) is 0 Å². The summed E-state index contributed by atoms with van der Waals surface area (Å²) in [6.07, 6.45) is 1.02. The van der Waals surface area contributed by atoms with Gasteiger partial charge in [0.25, 0.3) is 0 Å². The summed E-state index contributed by atoms with van der Waals surface area (Å²) in [4.78, 5) is 28.2. The van der Waals surface area contributed by atoms with Crippen molar-refractivity contribution in [1.82, 2.24) is 0 Å². The molecule has 0 aliphatic rings. The van der Waals surface area contributed by atoms with Gasteiger partial charge in [-0.25, -0.2) is 9.59 Å². The number of carboxylic acid groups (broad SMARTS) is 1. The smallest absolute Gasteiger partial charge is 0.365 e. The molecule has 1 aromatic rings. The zero-order valence-electron chi connectivity index (χ0n) is 9.42. The Bertz CT molecular complexity index is 443. The quantitative estimate of drug-likeness (QED) is 0.498. The van der Waals surface area contributed by atoms with Crippen molar-refractivity contribution in [1.29, 1.82) is 0 Å². The molecule has 0 aromatic heterocycles. The fourth-order valence-corrected chi connectivity index (χ4v) is 0.937. The van der Waals surface area contributed by atoms with Crippen LogP contribution >= 0.6 is 11.6 Å². The highest BCUT2D eigenvalue weighted by Gasteiger charge is 2.04. The van der Waals surface area contributed by atoms with Gasteiger partial charge in [0.05, 0.1) is 17.7 Å². The average Bonchev–Trinajstić information content (AvgIpc) is 2.33. The third kappa shape index (κ3) is 5.88. The van der Waals surface area contributed by atoms with Gasteiger partial charge < -0.3 is 10.2 Å². The molecule has 0 heterocycles. The van der Waals surface area contributed by atoms with Crippen molar-refractivity contribution in [3.63, 3.8) is 0 Å². The van der Waals surface area contributed by atoms with Crippen LogP contribution in [-0.4, -0.2) is 29.3 Å². The number of aromatic carboxylic acids is 1. The lowest BCUT2D eigenvalue weighted by Crippen LogP contribution is -1.96. The first kappa shape index (κ1) is 16.0. The molecule has 7 heteroatoms. The topological polar surface area (TPSA) is 93.1 Å². The number of rotatable bonds is 3. The van der Waals surface area contributed by atoms with E-state index in [0.717, 1.165) is 6.08 Å². The van der Waals surface area contributed by atoms with Crippen molar-refractivity contribution in [3.8, 4) is 5.75 Å². The van der Waals surface area contributed by atoms with E-state index in [4.69, 9.17) is 21.8 Å². The van der Waals surface area contributed by atoms with Crippen molar-refractivity contribution in [2.24, 2.45) is 0 Å². The van der Waals surface area contributed by atoms with Gasteiger partial charge in [0.1, 0.15) is 5.75 Å². The third-order valence-electron chi connectivity index (χ3n) is 1.53. The van der Waals surface area contributed by atoms with Crippen LogP contribution in [0.15, 0.2) is 30.9 Å². The number of carboxylic acids is 1. The Morgan fingerprint density at radius 1 is 1.44 bits per heavy atom. The second-order valence-corrected chi connectivity index (χ2v) is 3.15. The van der Waals surface area contributed by atoms with E-state index in [1.165, 1.54) is 25.3 Å². The molecular weight excluding hydrogens is 264 g/mol. The van der Waals surface area contributed by atoms with E-state index in [0.29, 0.717) is 0 Å². The Kier molecular flexibility index (Phi) is 7.18. The van der Waals surface area contributed by atoms with E-state index in [1.807, 2.05) is 0 Å². The molecule has 0 aliphatic heterocycles. The van der Waals surface area contributed by atoms with Crippen LogP contribution < -0.4 is 0 Å². The highest BCUT2D eigenvalue weighted by atomic mass is 35.5. The van der Waals surface area contributed by atoms with Gasteiger partial charge in [0, 0.05) is 6.08 Å². The normalized spacial score (nSPS) is 8.78. The molecule has 0 saturated carbocycles. The van der Waals surface area contributed by atoms with Gasteiger partial charge in [-0.05, 0) is 18.2 Å². The lowest BCUT2D eigenvalue weighted by atomic mass is 10.2. The number of halogens is 1. The molecule has 0 spiro atoms. The minimum Gasteiger partial charge on any atom is -0.506 e. The molecule has 0 atom stereocenters. The molecule has 1 aromatic carbocycles. The summed E-state index contributed by atoms with van der Waals surface area (Å²) in [7, 11) is 1.25. The lowest BCUT2D eigenvalue weighted by Gasteiger charge is -1.96. The van der Waals surface area contributed by atoms with Crippen LogP contribution in [0.2, 0.25) is 5.02 Å². The number of benzene rings is 1. The van der Waals surface area contributed by atoms with E-state index in [2.05, 4.69) is 16.4 Å². The molecule has 6 nitrogen and oxygen atoms in total. The maximum Gasteiger partial charge on any atom is 0.365 e. The van der Waals surface area contributed by atoms with Crippen LogP contribution in [0, 0.1) is 0 Å². The predicted octanol–water partition coefficient (Wildman–Crippen LogP) is 2.02. The van der Waals surface area contributed by atoms with Crippen molar-refractivity contribution in [3.05, 3.63) is 41.4 Å². The second kappa shape index (κ2) is 8.10. The summed E-state index contributed by atoms with van der Waals surface area (Å²) in [5, 5.41) is 17.4. The summed E-state index contributed by atoms with van der Waals surface area (Å²) in [6.45, 7) is 3.12. The van der Waals surface area contributed by atoms with E-state index in [-0.39, 0.29) is 16.3 Å². The van der Waals surface area contributed by atoms with Gasteiger partial charge in [-0.2, -0.15) is 4.89 Å². The third-order valence-corrected chi connectivity index (χ3v) is 1.83. The molecule has 1 rings (SSSR count). The summed E-state index contributed by atoms with van der Waals surface area (Å²) >= 11 is 5.44. The van der Waals surface area contributed by atoms with Gasteiger partial charge in [-0.3, -0.25) is 4.89 Å². The van der Waals surface area contributed by atoms with Crippen molar-refractivity contribution >= 4 is 23.5 Å². The van der Waals surface area contributed by atoms with Crippen LogP contribution in [0.5, 0.6) is 5.75 Å². The number of aromatic hydroxyl groups is 1. The van der Waals surface area contributed by atoms with Gasteiger partial charge in [-0.1, -0.05) is 18.2 Å². The van der Waals surface area contributed by atoms with E-state index >= 15 is 0 Å². The molecule has 0 saturated heterocycles. The highest BCUT2D eigenvalue weighted by Crippen LogP contribution is 2.23. The van der Waals surface area contributed by atoms with Crippen molar-refractivity contribution in [2.75, 3.05) is 7.11 Å². The SMILES string of the molecule is C=CC(=O)OOC.O=C(O)c1ccc(O)c(Cl)c1. The fraction of sp³-hybridized carbons (Fsp3) is 0.0909. The number of phenols is 1. The number of hydrogen-bond donors (Lipinski definition) is 2. The number of phenolic OH excluding ortho intramolecular Hbond substituents is 1. The summed E-state index contributed by atoms with van der Waals surface area (Å²) < 4.78 is 0. The molecule has 0 amide bonds. The van der Waals surface area contributed by atoms with Gasteiger partial charge >= 0.3 is 11.9 Å². The Balaban J connectivity index is 0.000000360. The minimum atomic E-state index is -1.06. The Hall–Kier alpha value is -2.05. The molecule has 18 heavy (non-hydrogen) atoms. The first-order valence-electron chi connectivity index (χ1n) is 4.51. The summed E-state index contributed by atoms with van der Waals surface area (Å²) in [5.41, 5.74) is 0.0628. The molecule has 98 valence electrons. The first-order chi connectivity index (χ1) is 8.42. The number of carbonyl (C=O) groups is 2. The van der Waals surface area contributed by atoms with Crippen LogP contribution in [0.25, 0.3) is 0 Å². The zero-order valence-corrected chi connectivity index (χ0v) is 10.2. The lowest BCUT2D eigenvalue weighted by molar-refractivity contribution is -0.249. The Morgan fingerprint density at radius 2 is 2.06 bits per heavy atom.